The molecule has 3 rings (SSSR count). The topological polar surface area (TPSA) is 78.9 Å². The average Bonchev–Trinajstić information content (AvgIpc) is 2.70. The van der Waals surface area contributed by atoms with Gasteiger partial charge in [-0.15, -0.1) is 6.58 Å². The Morgan fingerprint density at radius 2 is 2.03 bits per heavy atom. The lowest BCUT2D eigenvalue weighted by atomic mass is 10.0. The SMILES string of the molecule is C=CCc1cc(/C=C2\C(=O)NC(=S)N(c3ccc(C)c(Cl)c3)C2=O)cc(OC)c1O. The highest BCUT2D eigenvalue weighted by Gasteiger charge is 2.34. The molecule has 1 aliphatic heterocycles. The molecule has 0 spiro atoms. The molecule has 30 heavy (non-hydrogen) atoms. The Hall–Kier alpha value is -3.16. The normalized spacial score (nSPS) is 15.4. The fourth-order valence-corrected chi connectivity index (χ4v) is 3.47. The summed E-state index contributed by atoms with van der Waals surface area (Å²) in [6, 6.07) is 8.27. The first-order chi connectivity index (χ1) is 14.3. The summed E-state index contributed by atoms with van der Waals surface area (Å²) in [6.45, 7) is 5.51. The van der Waals surface area contributed by atoms with Crippen LogP contribution in [0.3, 0.4) is 0 Å². The van der Waals surface area contributed by atoms with E-state index in [0.29, 0.717) is 28.3 Å². The number of phenols is 1. The number of nitrogens with zero attached hydrogens (tertiary/aromatic N) is 1. The van der Waals surface area contributed by atoms with Crippen molar-refractivity contribution in [2.24, 2.45) is 0 Å². The predicted molar refractivity (Wildman–Crippen MR) is 121 cm³/mol. The second kappa shape index (κ2) is 8.69. The molecule has 0 aromatic heterocycles. The number of phenolic OH excluding ortho intramolecular Hbond substituents is 1. The maximum absolute atomic E-state index is 13.1. The van der Waals surface area contributed by atoms with Crippen molar-refractivity contribution in [3.05, 3.63) is 70.3 Å². The monoisotopic (exact) mass is 442 g/mol. The maximum Gasteiger partial charge on any atom is 0.270 e. The molecule has 0 radical (unpaired) electrons. The molecule has 0 atom stereocenters. The zero-order valence-electron chi connectivity index (χ0n) is 16.4. The molecule has 0 bridgehead atoms. The van der Waals surface area contributed by atoms with Gasteiger partial charge in [-0.25, -0.2) is 0 Å². The zero-order chi connectivity index (χ0) is 22.0. The van der Waals surface area contributed by atoms with E-state index in [1.807, 2.05) is 6.92 Å². The van der Waals surface area contributed by atoms with E-state index in [4.69, 9.17) is 28.6 Å². The molecule has 2 aromatic carbocycles. The summed E-state index contributed by atoms with van der Waals surface area (Å²) in [4.78, 5) is 26.9. The summed E-state index contributed by atoms with van der Waals surface area (Å²) in [7, 11) is 1.42. The highest BCUT2D eigenvalue weighted by molar-refractivity contribution is 7.80. The van der Waals surface area contributed by atoms with Gasteiger partial charge in [0.2, 0.25) is 0 Å². The van der Waals surface area contributed by atoms with Crippen molar-refractivity contribution in [1.29, 1.82) is 0 Å². The molecule has 2 N–H and O–H groups in total. The van der Waals surface area contributed by atoms with Gasteiger partial charge < -0.3 is 9.84 Å². The van der Waals surface area contributed by atoms with E-state index >= 15 is 0 Å². The summed E-state index contributed by atoms with van der Waals surface area (Å²) < 4.78 is 5.20. The lowest BCUT2D eigenvalue weighted by Gasteiger charge is -2.29. The Balaban J connectivity index is 2.07. The van der Waals surface area contributed by atoms with Crippen LogP contribution in [0.4, 0.5) is 5.69 Å². The van der Waals surface area contributed by atoms with E-state index in [9.17, 15) is 14.7 Å². The molecule has 2 amide bonds. The van der Waals surface area contributed by atoms with Crippen LogP contribution in [0.5, 0.6) is 11.5 Å². The van der Waals surface area contributed by atoms with Crippen molar-refractivity contribution in [1.82, 2.24) is 5.32 Å². The number of amides is 2. The minimum atomic E-state index is -0.614. The van der Waals surface area contributed by atoms with Gasteiger partial charge in [0.05, 0.1) is 12.8 Å². The first-order valence-corrected chi connectivity index (χ1v) is 9.73. The average molecular weight is 443 g/mol. The van der Waals surface area contributed by atoms with E-state index in [-0.39, 0.29) is 22.2 Å². The number of carbonyl (C=O) groups is 2. The van der Waals surface area contributed by atoms with Gasteiger partial charge in [0.25, 0.3) is 11.8 Å². The van der Waals surface area contributed by atoms with Crippen molar-refractivity contribution in [2.75, 3.05) is 12.0 Å². The fourth-order valence-electron chi connectivity index (χ4n) is 3.02. The van der Waals surface area contributed by atoms with E-state index in [1.165, 1.54) is 24.2 Å². The summed E-state index contributed by atoms with van der Waals surface area (Å²) in [6.07, 6.45) is 3.44. The van der Waals surface area contributed by atoms with Crippen LogP contribution in [-0.2, 0) is 16.0 Å². The van der Waals surface area contributed by atoms with E-state index in [2.05, 4.69) is 11.9 Å². The maximum atomic E-state index is 13.1. The number of halogens is 1. The van der Waals surface area contributed by atoms with Crippen LogP contribution >= 0.6 is 23.8 Å². The standard InChI is InChI=1S/C22H19ClN2O4S/c1-4-5-14-8-13(10-18(29-3)19(14)26)9-16-20(27)24-22(30)25(21(16)28)15-7-6-12(2)17(23)11-15/h4,6-11,26H,1,5H2,2-3H3,(H,24,27,30)/b16-9+. The number of thiocarbonyl (C=S) groups is 1. The predicted octanol–water partition coefficient (Wildman–Crippen LogP) is 3.92. The van der Waals surface area contributed by atoms with E-state index < -0.39 is 11.8 Å². The quantitative estimate of drug-likeness (QED) is 0.317. The van der Waals surface area contributed by atoms with Crippen LogP contribution in [-0.4, -0.2) is 29.1 Å². The number of hydrogen-bond donors (Lipinski definition) is 2. The Morgan fingerprint density at radius 1 is 1.30 bits per heavy atom. The zero-order valence-corrected chi connectivity index (χ0v) is 17.9. The molecular formula is C22H19ClN2O4S. The number of carbonyl (C=O) groups excluding carboxylic acids is 2. The van der Waals surface area contributed by atoms with Crippen LogP contribution in [0.15, 0.2) is 48.6 Å². The molecule has 1 aliphatic rings. The third kappa shape index (κ3) is 4.08. The minimum absolute atomic E-state index is 0.0175. The van der Waals surface area contributed by atoms with Crippen LogP contribution in [0, 0.1) is 6.92 Å². The molecule has 0 aliphatic carbocycles. The van der Waals surface area contributed by atoms with Gasteiger partial charge in [0, 0.05) is 10.6 Å². The number of ether oxygens (including phenoxy) is 1. The van der Waals surface area contributed by atoms with E-state index in [0.717, 1.165) is 5.56 Å². The third-order valence-electron chi connectivity index (χ3n) is 4.59. The van der Waals surface area contributed by atoms with Gasteiger partial charge in [0.1, 0.15) is 5.57 Å². The summed E-state index contributed by atoms with van der Waals surface area (Å²) in [5, 5.41) is 13.2. The highest BCUT2D eigenvalue weighted by Crippen LogP contribution is 2.33. The van der Waals surface area contributed by atoms with Crippen LogP contribution < -0.4 is 15.0 Å². The summed E-state index contributed by atoms with van der Waals surface area (Å²) in [5.41, 5.74) is 2.24. The molecule has 6 nitrogen and oxygen atoms in total. The Kier molecular flexibility index (Phi) is 6.24. The number of nitrogens with one attached hydrogen (secondary N) is 1. The molecular weight excluding hydrogens is 424 g/mol. The Bertz CT molecular complexity index is 1110. The summed E-state index contributed by atoms with van der Waals surface area (Å²) >= 11 is 11.4. The van der Waals surface area contributed by atoms with Crippen molar-refractivity contribution in [3.8, 4) is 11.5 Å². The first-order valence-electron chi connectivity index (χ1n) is 8.95. The largest absolute Gasteiger partial charge is 0.504 e. The van der Waals surface area contributed by atoms with Gasteiger partial charge in [0.15, 0.2) is 16.6 Å². The number of aromatic hydroxyl groups is 1. The van der Waals surface area contributed by atoms with Gasteiger partial charge in [-0.05, 0) is 67.0 Å². The highest BCUT2D eigenvalue weighted by atomic mass is 35.5. The van der Waals surface area contributed by atoms with Gasteiger partial charge >= 0.3 is 0 Å². The number of aryl methyl sites for hydroxylation is 1. The number of allylic oxidation sites excluding steroid dienone is 1. The van der Waals surface area contributed by atoms with Gasteiger partial charge in [-0.2, -0.15) is 0 Å². The van der Waals surface area contributed by atoms with Crippen molar-refractivity contribution in [3.63, 3.8) is 0 Å². The molecule has 8 heteroatoms. The minimum Gasteiger partial charge on any atom is -0.504 e. The molecule has 154 valence electrons. The van der Waals surface area contributed by atoms with Gasteiger partial charge in [-0.1, -0.05) is 23.7 Å². The summed E-state index contributed by atoms with van der Waals surface area (Å²) in [5.74, 6) is -0.989. The second-order valence-corrected chi connectivity index (χ2v) is 7.41. The second-order valence-electron chi connectivity index (χ2n) is 6.62. The number of hydrogen-bond acceptors (Lipinski definition) is 5. The molecule has 1 heterocycles. The lowest BCUT2D eigenvalue weighted by molar-refractivity contribution is -0.122. The van der Waals surface area contributed by atoms with Gasteiger partial charge in [-0.3, -0.25) is 19.8 Å². The van der Waals surface area contributed by atoms with E-state index in [1.54, 1.807) is 30.3 Å². The fraction of sp³-hybridized carbons (Fsp3) is 0.136. The molecule has 2 aromatic rings. The van der Waals surface area contributed by atoms with Crippen LogP contribution in [0.2, 0.25) is 5.02 Å². The van der Waals surface area contributed by atoms with Crippen LogP contribution in [0.25, 0.3) is 6.08 Å². The van der Waals surface area contributed by atoms with Crippen molar-refractivity contribution >= 4 is 52.5 Å². The Labute approximate surface area is 184 Å². The smallest absolute Gasteiger partial charge is 0.270 e. The lowest BCUT2D eigenvalue weighted by Crippen LogP contribution is -2.54. The molecule has 1 saturated heterocycles. The third-order valence-corrected chi connectivity index (χ3v) is 5.28. The Morgan fingerprint density at radius 3 is 2.67 bits per heavy atom. The van der Waals surface area contributed by atoms with Crippen LogP contribution in [0.1, 0.15) is 16.7 Å². The molecule has 0 unspecified atom stereocenters. The number of anilines is 1. The number of methoxy groups -OCH3 is 1. The first kappa shape index (κ1) is 21.5. The van der Waals surface area contributed by atoms with Crippen molar-refractivity contribution < 1.29 is 19.4 Å². The number of benzene rings is 2. The molecule has 1 fully saturated rings. The van der Waals surface area contributed by atoms with Crippen molar-refractivity contribution in [2.45, 2.75) is 13.3 Å². The number of rotatable bonds is 5. The molecule has 0 saturated carbocycles.